The van der Waals surface area contributed by atoms with Gasteiger partial charge in [-0.15, -0.1) is 0 Å². The third-order valence-corrected chi connectivity index (χ3v) is 4.87. The van der Waals surface area contributed by atoms with Crippen molar-refractivity contribution in [3.8, 4) is 17.1 Å². The van der Waals surface area contributed by atoms with Crippen LogP contribution in [0, 0.1) is 0 Å². The molecule has 0 unspecified atom stereocenters. The number of hydrogen-bond acceptors (Lipinski definition) is 4. The molecule has 0 radical (unpaired) electrons. The Hall–Kier alpha value is -2.66. The highest BCUT2D eigenvalue weighted by atomic mass is 16.5. The van der Waals surface area contributed by atoms with Gasteiger partial charge in [-0.3, -0.25) is 9.69 Å². The maximum Gasteiger partial charge on any atom is 0.259 e. The van der Waals surface area contributed by atoms with Gasteiger partial charge in [-0.25, -0.2) is 4.98 Å². The molecule has 0 aliphatic carbocycles. The highest BCUT2D eigenvalue weighted by Crippen LogP contribution is 2.27. The van der Waals surface area contributed by atoms with Crippen molar-refractivity contribution < 1.29 is 4.74 Å². The summed E-state index contributed by atoms with van der Waals surface area (Å²) in [4.78, 5) is 22.3. The van der Waals surface area contributed by atoms with E-state index < -0.39 is 0 Å². The van der Waals surface area contributed by atoms with Gasteiger partial charge in [0, 0.05) is 6.54 Å². The number of benzene rings is 2. The number of ether oxygens (including phenoxy) is 1. The molecule has 2 aromatic carbocycles. The Balaban J connectivity index is 1.56. The minimum atomic E-state index is -0.131. The maximum absolute atomic E-state index is 12.4. The second-order valence-corrected chi connectivity index (χ2v) is 6.68. The molecule has 1 aliphatic heterocycles. The number of para-hydroxylation sites is 2. The van der Waals surface area contributed by atoms with E-state index in [0.717, 1.165) is 30.9 Å². The van der Waals surface area contributed by atoms with Crippen LogP contribution in [-0.2, 0) is 0 Å². The minimum absolute atomic E-state index is 0.131. The molecule has 1 aromatic heterocycles. The van der Waals surface area contributed by atoms with E-state index in [2.05, 4.69) is 14.9 Å². The first kappa shape index (κ1) is 16.8. The average Bonchev–Trinajstić information content (AvgIpc) is 2.69. The van der Waals surface area contributed by atoms with E-state index in [9.17, 15) is 4.79 Å². The van der Waals surface area contributed by atoms with Crippen molar-refractivity contribution in [1.82, 2.24) is 14.9 Å². The van der Waals surface area contributed by atoms with Crippen LogP contribution in [0.1, 0.15) is 19.3 Å². The van der Waals surface area contributed by atoms with Crippen LogP contribution in [0.15, 0.2) is 53.3 Å². The lowest BCUT2D eigenvalue weighted by molar-refractivity contribution is 0.183. The predicted molar refractivity (Wildman–Crippen MR) is 104 cm³/mol. The van der Waals surface area contributed by atoms with E-state index in [-0.39, 0.29) is 5.56 Å². The van der Waals surface area contributed by atoms with Crippen LogP contribution in [0.3, 0.4) is 0 Å². The van der Waals surface area contributed by atoms with Crippen molar-refractivity contribution in [2.45, 2.75) is 19.3 Å². The third kappa shape index (κ3) is 3.63. The summed E-state index contributed by atoms with van der Waals surface area (Å²) >= 11 is 0. The molecule has 1 saturated heterocycles. The van der Waals surface area contributed by atoms with Crippen molar-refractivity contribution in [3.05, 3.63) is 58.9 Å². The van der Waals surface area contributed by atoms with E-state index in [1.807, 2.05) is 42.5 Å². The first-order valence-corrected chi connectivity index (χ1v) is 9.25. The Morgan fingerprint density at radius 2 is 1.77 bits per heavy atom. The average molecular weight is 349 g/mol. The zero-order valence-corrected chi connectivity index (χ0v) is 14.8. The lowest BCUT2D eigenvalue weighted by atomic mass is 10.1. The summed E-state index contributed by atoms with van der Waals surface area (Å²) in [6.07, 6.45) is 3.89. The first-order valence-electron chi connectivity index (χ1n) is 9.25. The van der Waals surface area contributed by atoms with Gasteiger partial charge in [0.1, 0.15) is 18.2 Å². The van der Waals surface area contributed by atoms with E-state index >= 15 is 0 Å². The van der Waals surface area contributed by atoms with Gasteiger partial charge in [0.15, 0.2) is 0 Å². The number of nitrogens with one attached hydrogen (secondary N) is 1. The van der Waals surface area contributed by atoms with Crippen molar-refractivity contribution in [2.24, 2.45) is 0 Å². The van der Waals surface area contributed by atoms with Crippen molar-refractivity contribution in [3.63, 3.8) is 0 Å². The molecule has 4 rings (SSSR count). The summed E-state index contributed by atoms with van der Waals surface area (Å²) in [6.45, 7) is 3.87. The summed E-state index contributed by atoms with van der Waals surface area (Å²) < 4.78 is 6.04. The van der Waals surface area contributed by atoms with Crippen LogP contribution in [0.2, 0.25) is 0 Å². The van der Waals surface area contributed by atoms with Crippen molar-refractivity contribution in [1.29, 1.82) is 0 Å². The largest absolute Gasteiger partial charge is 0.491 e. The molecule has 134 valence electrons. The van der Waals surface area contributed by atoms with Crippen LogP contribution in [0.25, 0.3) is 22.3 Å². The smallest absolute Gasteiger partial charge is 0.259 e. The molecule has 1 aliphatic rings. The molecule has 1 N–H and O–H groups in total. The Morgan fingerprint density at radius 3 is 2.65 bits per heavy atom. The molecule has 1 fully saturated rings. The Kier molecular flexibility index (Phi) is 4.97. The summed E-state index contributed by atoms with van der Waals surface area (Å²) in [5.74, 6) is 1.30. The van der Waals surface area contributed by atoms with Crippen molar-refractivity contribution >= 4 is 10.9 Å². The van der Waals surface area contributed by atoms with E-state index in [4.69, 9.17) is 4.74 Å². The lowest BCUT2D eigenvalue weighted by Gasteiger charge is -2.26. The Bertz CT molecular complexity index is 945. The maximum atomic E-state index is 12.4. The second-order valence-electron chi connectivity index (χ2n) is 6.68. The van der Waals surface area contributed by atoms with Gasteiger partial charge in [0.2, 0.25) is 0 Å². The van der Waals surface area contributed by atoms with Crippen LogP contribution >= 0.6 is 0 Å². The van der Waals surface area contributed by atoms with Crippen LogP contribution < -0.4 is 10.3 Å². The summed E-state index contributed by atoms with van der Waals surface area (Å²) in [6, 6.07) is 15.1. The van der Waals surface area contributed by atoms with Gasteiger partial charge in [-0.05, 0) is 50.2 Å². The fraction of sp³-hybridized carbons (Fsp3) is 0.333. The van der Waals surface area contributed by atoms with Gasteiger partial charge in [-0.2, -0.15) is 0 Å². The predicted octanol–water partition coefficient (Wildman–Crippen LogP) is 3.45. The Morgan fingerprint density at radius 1 is 1.00 bits per heavy atom. The van der Waals surface area contributed by atoms with Gasteiger partial charge >= 0.3 is 0 Å². The van der Waals surface area contributed by atoms with Gasteiger partial charge in [0.05, 0.1) is 16.5 Å². The zero-order chi connectivity index (χ0) is 17.8. The second kappa shape index (κ2) is 7.70. The molecule has 0 spiro atoms. The number of rotatable bonds is 5. The number of aromatic nitrogens is 2. The number of H-pyrrole nitrogens is 1. The number of aromatic amines is 1. The van der Waals surface area contributed by atoms with Crippen molar-refractivity contribution in [2.75, 3.05) is 26.2 Å². The number of hydrogen-bond donors (Lipinski definition) is 1. The minimum Gasteiger partial charge on any atom is -0.491 e. The zero-order valence-electron chi connectivity index (χ0n) is 14.8. The quantitative estimate of drug-likeness (QED) is 0.766. The number of likely N-dealkylation sites (tertiary alicyclic amines) is 1. The summed E-state index contributed by atoms with van der Waals surface area (Å²) in [5, 5.41) is 0.597. The van der Waals surface area contributed by atoms with Crippen LogP contribution in [0.4, 0.5) is 0 Å². The molecule has 5 nitrogen and oxygen atoms in total. The fourth-order valence-corrected chi connectivity index (χ4v) is 3.47. The SMILES string of the molecule is O=c1[nH]c(-c2ccccc2OCCN2CCCCC2)nc2ccccc12. The molecule has 0 saturated carbocycles. The molecule has 0 amide bonds. The highest BCUT2D eigenvalue weighted by Gasteiger charge is 2.13. The van der Waals surface area contributed by atoms with E-state index in [1.54, 1.807) is 6.07 Å². The molecule has 26 heavy (non-hydrogen) atoms. The van der Waals surface area contributed by atoms with E-state index in [0.29, 0.717) is 23.3 Å². The summed E-state index contributed by atoms with van der Waals surface area (Å²) in [5.41, 5.74) is 1.37. The molecule has 5 heteroatoms. The molecule has 2 heterocycles. The highest BCUT2D eigenvalue weighted by molar-refractivity contribution is 5.80. The van der Waals surface area contributed by atoms with Crippen LogP contribution in [-0.4, -0.2) is 41.1 Å². The number of piperidine rings is 1. The summed E-state index contributed by atoms with van der Waals surface area (Å²) in [7, 11) is 0. The van der Waals surface area contributed by atoms with Crippen LogP contribution in [0.5, 0.6) is 5.75 Å². The van der Waals surface area contributed by atoms with Gasteiger partial charge in [-0.1, -0.05) is 30.7 Å². The normalized spacial score (nSPS) is 15.2. The number of fused-ring (bicyclic) bond motifs is 1. The Labute approximate surface area is 152 Å². The number of nitrogens with zero attached hydrogens (tertiary/aromatic N) is 2. The first-order chi connectivity index (χ1) is 12.8. The van der Waals surface area contributed by atoms with E-state index in [1.165, 1.54) is 19.3 Å². The molecule has 0 atom stereocenters. The lowest BCUT2D eigenvalue weighted by Crippen LogP contribution is -2.33. The molecule has 0 bridgehead atoms. The van der Waals surface area contributed by atoms with Gasteiger partial charge in [0.25, 0.3) is 5.56 Å². The van der Waals surface area contributed by atoms with Gasteiger partial charge < -0.3 is 9.72 Å². The fourth-order valence-electron chi connectivity index (χ4n) is 3.47. The third-order valence-electron chi connectivity index (χ3n) is 4.87. The topological polar surface area (TPSA) is 58.2 Å². The molecular formula is C21H23N3O2. The molecule has 3 aromatic rings. The standard InChI is InChI=1S/C21H23N3O2/c25-21-16-8-2-4-10-18(16)22-20(23-21)17-9-3-5-11-19(17)26-15-14-24-12-6-1-7-13-24/h2-5,8-11H,1,6-7,12-15H2,(H,22,23,25). The molecular weight excluding hydrogens is 326 g/mol. The monoisotopic (exact) mass is 349 g/mol.